The maximum atomic E-state index is 14.1. The van der Waals surface area contributed by atoms with Crippen LogP contribution < -0.4 is 26.7 Å². The first-order chi connectivity index (χ1) is 29.4. The molecule has 0 radical (unpaired) electrons. The summed E-state index contributed by atoms with van der Waals surface area (Å²) >= 11 is 0. The minimum Gasteiger partial charge on any atom is -0.508 e. The largest absolute Gasteiger partial charge is 0.508 e. The normalized spacial score (nSPS) is 13.1. The Balaban J connectivity index is 1.45. The molecule has 3 aromatic carbocycles. The molecule has 1 aliphatic heterocycles. The number of amides is 4. The van der Waals surface area contributed by atoms with Crippen LogP contribution in [0.1, 0.15) is 53.5 Å². The van der Waals surface area contributed by atoms with E-state index >= 15 is 0 Å². The van der Waals surface area contributed by atoms with Gasteiger partial charge in [0.25, 0.3) is 5.91 Å². The Bertz CT molecular complexity index is 2570. The molecule has 5 rings (SSSR count). The fraction of sp³-hybridized carbons (Fsp3) is 0.273. The van der Waals surface area contributed by atoms with Gasteiger partial charge in [-0.2, -0.15) is 0 Å². The lowest BCUT2D eigenvalue weighted by atomic mass is 9.89. The average molecular weight is 855 g/mol. The van der Waals surface area contributed by atoms with Crippen molar-refractivity contribution >= 4 is 52.3 Å². The molecule has 0 fully saturated rings. The maximum Gasteiger partial charge on any atom is 0.336 e. The molecule has 17 nitrogen and oxygen atoms in total. The van der Waals surface area contributed by atoms with Crippen LogP contribution in [-0.4, -0.2) is 94.6 Å². The summed E-state index contributed by atoms with van der Waals surface area (Å²) in [6.07, 6.45) is -0.815. The molecule has 4 atom stereocenters. The number of carboxylic acids is 1. The molecule has 0 aromatic heterocycles. The molecule has 4 amide bonds. The lowest BCUT2D eigenvalue weighted by molar-refractivity contribution is -0.143. The van der Waals surface area contributed by atoms with Crippen LogP contribution in [0.3, 0.4) is 0 Å². The van der Waals surface area contributed by atoms with Crippen molar-refractivity contribution in [1.82, 2.24) is 21.3 Å². The second kappa shape index (κ2) is 19.6. The van der Waals surface area contributed by atoms with Gasteiger partial charge < -0.3 is 45.7 Å². The van der Waals surface area contributed by atoms with Gasteiger partial charge in [0.05, 0.1) is 19.1 Å². The van der Waals surface area contributed by atoms with E-state index in [-0.39, 0.29) is 51.5 Å². The van der Waals surface area contributed by atoms with Crippen molar-refractivity contribution in [2.24, 2.45) is 5.92 Å². The summed E-state index contributed by atoms with van der Waals surface area (Å²) in [5.41, 5.74) is 0.516. The molecular weight excluding hydrogens is 811 g/mol. The monoisotopic (exact) mass is 854 g/mol. The Labute approximate surface area is 352 Å². The van der Waals surface area contributed by atoms with Crippen LogP contribution in [0.4, 0.5) is 4.39 Å². The number of phenols is 2. The number of methoxy groups -OCH3 is 1. The molecule has 18 heteroatoms. The summed E-state index contributed by atoms with van der Waals surface area (Å²) in [6.45, 7) is 2.99. The number of aromatic hydroxyl groups is 2. The molecule has 2 aliphatic rings. The van der Waals surface area contributed by atoms with Crippen molar-refractivity contribution in [1.29, 1.82) is 0 Å². The van der Waals surface area contributed by atoms with Crippen LogP contribution in [0.15, 0.2) is 88.1 Å². The Kier molecular flexibility index (Phi) is 14.4. The number of nitrogens with one attached hydrogen (secondary N) is 4. The topological polar surface area (TPSA) is 268 Å². The number of halogens is 1. The number of carbonyl (C=O) groups is 7. The van der Waals surface area contributed by atoms with Crippen LogP contribution in [0, 0.1) is 5.92 Å². The number of rotatable bonds is 17. The van der Waals surface area contributed by atoms with E-state index in [2.05, 4.69) is 26.0 Å². The first kappa shape index (κ1) is 45.5. The van der Waals surface area contributed by atoms with Gasteiger partial charge in [-0.1, -0.05) is 26.0 Å². The highest BCUT2D eigenvalue weighted by molar-refractivity contribution is 6.09. The van der Waals surface area contributed by atoms with Crippen molar-refractivity contribution in [3.8, 4) is 33.9 Å². The second-order valence-corrected chi connectivity index (χ2v) is 14.7. The number of ketones is 1. The zero-order valence-electron chi connectivity index (χ0n) is 33.8. The molecule has 1 aliphatic carbocycles. The number of benzene rings is 4. The lowest BCUT2D eigenvalue weighted by Crippen LogP contribution is -2.58. The van der Waals surface area contributed by atoms with E-state index in [4.69, 9.17) is 4.42 Å². The van der Waals surface area contributed by atoms with Gasteiger partial charge in [-0.25, -0.2) is 9.18 Å². The van der Waals surface area contributed by atoms with E-state index in [9.17, 15) is 58.1 Å². The van der Waals surface area contributed by atoms with Gasteiger partial charge in [-0.15, -0.1) is 0 Å². The first-order valence-corrected chi connectivity index (χ1v) is 19.1. The minimum absolute atomic E-state index is 0.0419. The molecule has 324 valence electrons. The van der Waals surface area contributed by atoms with E-state index in [1.54, 1.807) is 13.8 Å². The van der Waals surface area contributed by atoms with Crippen LogP contribution >= 0.6 is 0 Å². The van der Waals surface area contributed by atoms with E-state index in [0.29, 0.717) is 16.5 Å². The minimum atomic E-state index is -1.57. The predicted molar refractivity (Wildman–Crippen MR) is 220 cm³/mol. The van der Waals surface area contributed by atoms with Gasteiger partial charge in [0.15, 0.2) is 11.2 Å². The lowest BCUT2D eigenvalue weighted by Gasteiger charge is -2.27. The van der Waals surface area contributed by atoms with Gasteiger partial charge in [0.1, 0.15) is 53.7 Å². The quantitative estimate of drug-likeness (QED) is 0.0524. The van der Waals surface area contributed by atoms with Crippen LogP contribution in [0.5, 0.6) is 11.5 Å². The number of carboxylic acid groups (broad SMARTS) is 1. The Morgan fingerprint density at radius 1 is 0.742 bits per heavy atom. The van der Waals surface area contributed by atoms with Crippen molar-refractivity contribution in [3.05, 3.63) is 106 Å². The standard InChI is InChI=1S/C44H43FN4O13/c1-21(2)39(43(58)46-22(3)40(55)47-32(34(53)20-45)19-37(54)61-4)49-42(57)33(15-23-5-8-25(50)9-6-23)48-41(56)24-7-12-28(44(59)60)31(16-24)38-29-13-10-26(51)17-35(29)62-36-18-27(52)11-14-30(36)38/h5-14,16-18,21-22,32-33,39,50-51H,15,19-20H2,1-4H3,(H,46,58)(H,47,55)(H,48,56)(H,49,57)(H,59,60)/t22-,32-,33-,39-/m0/s1. The third kappa shape index (κ3) is 10.8. The number of esters is 1. The van der Waals surface area contributed by atoms with Crippen molar-refractivity contribution in [3.63, 3.8) is 0 Å². The molecule has 0 bridgehead atoms. The zero-order chi connectivity index (χ0) is 45.4. The first-order valence-electron chi connectivity index (χ1n) is 19.1. The highest BCUT2D eigenvalue weighted by Gasteiger charge is 2.33. The third-order valence-corrected chi connectivity index (χ3v) is 9.89. The number of hydrogen-bond acceptors (Lipinski definition) is 12. The number of fused-ring (bicyclic) bond motifs is 2. The zero-order valence-corrected chi connectivity index (χ0v) is 33.8. The molecule has 1 heterocycles. The van der Waals surface area contributed by atoms with E-state index in [1.807, 2.05) is 0 Å². The van der Waals surface area contributed by atoms with Gasteiger partial charge in [0.2, 0.25) is 17.7 Å². The number of ether oxygens (including phenoxy) is 1. The highest BCUT2D eigenvalue weighted by Crippen LogP contribution is 2.42. The van der Waals surface area contributed by atoms with Crippen LogP contribution in [0.25, 0.3) is 33.4 Å². The smallest absolute Gasteiger partial charge is 0.336 e. The number of hydrogen-bond donors (Lipinski definition) is 7. The number of Topliss-reactive ketones (excluding diaryl/α,β-unsaturated/α-hetero) is 1. The van der Waals surface area contributed by atoms with E-state index < -0.39 is 90.0 Å². The summed E-state index contributed by atoms with van der Waals surface area (Å²) in [5, 5.41) is 40.6. The summed E-state index contributed by atoms with van der Waals surface area (Å²) < 4.78 is 23.6. The van der Waals surface area contributed by atoms with E-state index in [0.717, 1.165) is 7.11 Å². The number of carbonyl (C=O) groups excluding carboxylic acids is 6. The molecule has 3 aromatic rings. The fourth-order valence-corrected chi connectivity index (χ4v) is 6.59. The van der Waals surface area contributed by atoms with Crippen LogP contribution in [-0.2, 0) is 35.1 Å². The van der Waals surface area contributed by atoms with Crippen molar-refractivity contribution < 1.29 is 62.4 Å². The summed E-state index contributed by atoms with van der Waals surface area (Å²) in [4.78, 5) is 103. The SMILES string of the molecule is COC(=O)C[C@H](NC(=O)[C@H](C)NC(=O)[C@@H](NC(=O)[C@H](Cc1ccc(O)cc1)NC(=O)c1ccc(C(=O)O)c(-c2c3ccc(=O)cc-3oc3cc(O)ccc23)c1)C(C)C)C(=O)CF. The molecular formula is C44H43FN4O13. The molecule has 0 saturated heterocycles. The van der Waals surface area contributed by atoms with Crippen molar-refractivity contribution in [2.75, 3.05) is 13.8 Å². The van der Waals surface area contributed by atoms with Gasteiger partial charge in [-0.3, -0.25) is 33.6 Å². The summed E-state index contributed by atoms with van der Waals surface area (Å²) in [6, 6.07) is 11.9. The van der Waals surface area contributed by atoms with Gasteiger partial charge in [0, 0.05) is 40.6 Å². The molecule has 7 N–H and O–H groups in total. The second-order valence-electron chi connectivity index (χ2n) is 14.7. The predicted octanol–water partition coefficient (Wildman–Crippen LogP) is 3.25. The van der Waals surface area contributed by atoms with Gasteiger partial charge in [-0.05, 0) is 78.6 Å². The Hall–Kier alpha value is -7.63. The summed E-state index contributed by atoms with van der Waals surface area (Å²) in [7, 11) is 1.05. The number of phenolic OH excluding ortho intramolecular Hbond substituents is 2. The third-order valence-electron chi connectivity index (χ3n) is 9.89. The number of aromatic carboxylic acids is 1. The number of alkyl halides is 1. The molecule has 0 unspecified atom stereocenters. The average Bonchev–Trinajstić information content (AvgIpc) is 3.23. The van der Waals surface area contributed by atoms with Crippen LogP contribution in [0.2, 0.25) is 0 Å². The van der Waals surface area contributed by atoms with Crippen molar-refractivity contribution in [2.45, 2.75) is 57.8 Å². The Morgan fingerprint density at radius 3 is 2.08 bits per heavy atom. The maximum absolute atomic E-state index is 14.1. The molecule has 0 saturated carbocycles. The van der Waals surface area contributed by atoms with Gasteiger partial charge >= 0.3 is 11.9 Å². The fourth-order valence-electron chi connectivity index (χ4n) is 6.59. The molecule has 62 heavy (non-hydrogen) atoms. The summed E-state index contributed by atoms with van der Waals surface area (Å²) in [5.74, 6) is -7.55. The highest BCUT2D eigenvalue weighted by atomic mass is 19.1. The van der Waals surface area contributed by atoms with E-state index in [1.165, 1.54) is 85.8 Å². The molecule has 0 spiro atoms. The Morgan fingerprint density at radius 2 is 1.44 bits per heavy atom.